The van der Waals surface area contributed by atoms with Gasteiger partial charge in [-0.1, -0.05) is 71.6 Å². The number of alkyl halides is 2. The molecule has 0 aromatic rings. The maximum atomic E-state index is 5.60. The number of halogens is 3. The van der Waals surface area contributed by atoms with Crippen LogP contribution in [0.2, 0.25) is 0 Å². The van der Waals surface area contributed by atoms with Gasteiger partial charge in [-0.2, -0.15) is 0 Å². The predicted molar refractivity (Wildman–Crippen MR) is 79.0 cm³/mol. The van der Waals surface area contributed by atoms with Gasteiger partial charge in [0.1, 0.15) is 0 Å². The second-order valence-electron chi connectivity index (χ2n) is 4.14. The van der Waals surface area contributed by atoms with Gasteiger partial charge in [-0.05, 0) is 6.42 Å². The summed E-state index contributed by atoms with van der Waals surface area (Å²) >= 11 is 10.6. The molecule has 0 unspecified atom stereocenters. The monoisotopic (exact) mass is 326 g/mol. The van der Waals surface area contributed by atoms with Crippen LogP contribution >= 0.6 is 23.2 Å². The molecule has 0 aromatic carbocycles. The van der Waals surface area contributed by atoms with E-state index in [2.05, 4.69) is 6.92 Å². The molecule has 4 heteroatoms. The van der Waals surface area contributed by atoms with Gasteiger partial charge in [0.05, 0.1) is 0 Å². The van der Waals surface area contributed by atoms with E-state index in [0.29, 0.717) is 0 Å². The third-order valence-corrected chi connectivity index (χ3v) is 2.75. The van der Waals surface area contributed by atoms with Crippen LogP contribution < -0.4 is 42.0 Å². The molecular weight excluding hydrogens is 298 g/mol. The molecule has 0 atom stereocenters. The van der Waals surface area contributed by atoms with Gasteiger partial charge in [-0.3, -0.25) is 0 Å². The maximum Gasteiger partial charge on any atom is 1.00 e. The van der Waals surface area contributed by atoms with E-state index < -0.39 is 0 Å². The van der Waals surface area contributed by atoms with Crippen LogP contribution in [-0.4, -0.2) is 11.8 Å². The van der Waals surface area contributed by atoms with Crippen LogP contribution in [0.15, 0.2) is 0 Å². The summed E-state index contributed by atoms with van der Waals surface area (Å²) in [5, 5.41) is 0. The smallest absolute Gasteiger partial charge is 1.00 e. The molecule has 108 valence electrons. The zero-order chi connectivity index (χ0) is 12.5. The molecular formula is C14H30Cl3Na. The molecule has 0 saturated heterocycles. The third-order valence-electron chi connectivity index (χ3n) is 2.49. The molecule has 0 amide bonds. The molecule has 0 aliphatic heterocycles. The summed E-state index contributed by atoms with van der Waals surface area (Å²) in [7, 11) is 0. The van der Waals surface area contributed by atoms with Gasteiger partial charge >= 0.3 is 29.6 Å². The van der Waals surface area contributed by atoms with Gasteiger partial charge in [-0.15, -0.1) is 23.2 Å². The molecule has 0 saturated carbocycles. The predicted octanol–water partition coefficient (Wildman–Crippen LogP) is 0.399. The molecule has 0 N–H and O–H groups in total. The summed E-state index contributed by atoms with van der Waals surface area (Å²) in [6.45, 7) is 4.16. The SMILES string of the molecule is CCCCCCCCCCCCCl.CCCl.[Cl-].[Na+]. The minimum Gasteiger partial charge on any atom is -1.00 e. The molecule has 0 heterocycles. The van der Waals surface area contributed by atoms with Crippen molar-refractivity contribution in [2.75, 3.05) is 11.8 Å². The van der Waals surface area contributed by atoms with Gasteiger partial charge in [0.2, 0.25) is 0 Å². The van der Waals surface area contributed by atoms with E-state index in [1.807, 2.05) is 6.92 Å². The van der Waals surface area contributed by atoms with Crippen molar-refractivity contribution in [3.05, 3.63) is 0 Å². The maximum absolute atomic E-state index is 5.60. The Bertz CT molecular complexity index is 93.0. The molecule has 0 rings (SSSR count). The zero-order valence-electron chi connectivity index (χ0n) is 12.6. The van der Waals surface area contributed by atoms with Crippen LogP contribution in [-0.2, 0) is 0 Å². The van der Waals surface area contributed by atoms with E-state index in [1.54, 1.807) is 0 Å². The van der Waals surface area contributed by atoms with Gasteiger partial charge < -0.3 is 12.4 Å². The third kappa shape index (κ3) is 36.1. The Kier molecular flexibility index (Phi) is 48.9. The van der Waals surface area contributed by atoms with Crippen molar-refractivity contribution in [2.24, 2.45) is 0 Å². The van der Waals surface area contributed by atoms with Crippen LogP contribution in [0.1, 0.15) is 78.1 Å². The van der Waals surface area contributed by atoms with Crippen molar-refractivity contribution < 1.29 is 42.0 Å². The number of hydrogen-bond acceptors (Lipinski definition) is 0. The van der Waals surface area contributed by atoms with Crippen molar-refractivity contribution in [3.8, 4) is 0 Å². The van der Waals surface area contributed by atoms with E-state index in [0.717, 1.165) is 11.8 Å². The van der Waals surface area contributed by atoms with Gasteiger partial charge in [0.15, 0.2) is 0 Å². The minimum absolute atomic E-state index is 0. The average molecular weight is 328 g/mol. The van der Waals surface area contributed by atoms with Crippen LogP contribution in [0, 0.1) is 0 Å². The molecule has 0 aromatic heterocycles. The average Bonchev–Trinajstić information content (AvgIpc) is 2.28. The molecule has 0 spiro atoms. The second-order valence-corrected chi connectivity index (χ2v) is 5.05. The first-order chi connectivity index (χ1) is 7.83. The van der Waals surface area contributed by atoms with Gasteiger partial charge in [0.25, 0.3) is 0 Å². The zero-order valence-corrected chi connectivity index (χ0v) is 16.9. The van der Waals surface area contributed by atoms with Crippen molar-refractivity contribution in [2.45, 2.75) is 78.1 Å². The van der Waals surface area contributed by atoms with Crippen LogP contribution in [0.5, 0.6) is 0 Å². The first kappa shape index (κ1) is 28.1. The molecule has 0 radical (unpaired) electrons. The van der Waals surface area contributed by atoms with E-state index in [-0.39, 0.29) is 42.0 Å². The van der Waals surface area contributed by atoms with Crippen molar-refractivity contribution >= 4 is 23.2 Å². The van der Waals surface area contributed by atoms with Gasteiger partial charge in [0, 0.05) is 11.8 Å². The van der Waals surface area contributed by atoms with Crippen LogP contribution in [0.4, 0.5) is 0 Å². The molecule has 0 nitrogen and oxygen atoms in total. The Morgan fingerprint density at radius 3 is 1.17 bits per heavy atom. The Labute approximate surface area is 154 Å². The summed E-state index contributed by atoms with van der Waals surface area (Å²) in [4.78, 5) is 0. The Morgan fingerprint density at radius 1 is 0.611 bits per heavy atom. The summed E-state index contributed by atoms with van der Waals surface area (Å²) in [5.41, 5.74) is 0. The number of hydrogen-bond donors (Lipinski definition) is 0. The quantitative estimate of drug-likeness (QED) is 0.309. The summed E-state index contributed by atoms with van der Waals surface area (Å²) < 4.78 is 0. The standard InChI is InChI=1S/C12H25Cl.C2H5Cl.ClH.Na/c1-2-3-4-5-6-7-8-9-10-11-12-13;1-2-3;;/h2-12H2,1H3;2H2,1H3;1H;/q;;;+1/p-1. The normalized spacial score (nSPS) is 8.67. The van der Waals surface area contributed by atoms with Crippen LogP contribution in [0.3, 0.4) is 0 Å². The summed E-state index contributed by atoms with van der Waals surface area (Å²) in [6, 6.07) is 0. The summed E-state index contributed by atoms with van der Waals surface area (Å²) in [5.74, 6) is 1.57. The van der Waals surface area contributed by atoms with Gasteiger partial charge in [-0.25, -0.2) is 0 Å². The van der Waals surface area contributed by atoms with E-state index in [9.17, 15) is 0 Å². The summed E-state index contributed by atoms with van der Waals surface area (Å²) in [6.07, 6.45) is 13.9. The Balaban J connectivity index is -0.000000177. The number of unbranched alkanes of at least 4 members (excludes halogenated alkanes) is 9. The fourth-order valence-corrected chi connectivity index (χ4v) is 1.77. The topological polar surface area (TPSA) is 0 Å². The number of rotatable bonds is 10. The molecule has 0 aliphatic rings. The van der Waals surface area contributed by atoms with Crippen molar-refractivity contribution in [1.82, 2.24) is 0 Å². The molecule has 0 fully saturated rings. The minimum atomic E-state index is 0. The molecule has 0 bridgehead atoms. The van der Waals surface area contributed by atoms with Crippen molar-refractivity contribution in [3.63, 3.8) is 0 Å². The van der Waals surface area contributed by atoms with E-state index in [4.69, 9.17) is 23.2 Å². The molecule has 0 aliphatic carbocycles. The Hall–Kier alpha value is 1.87. The first-order valence-corrected chi connectivity index (χ1v) is 8.02. The fraction of sp³-hybridized carbons (Fsp3) is 1.00. The van der Waals surface area contributed by atoms with Crippen LogP contribution in [0.25, 0.3) is 0 Å². The molecule has 18 heavy (non-hydrogen) atoms. The van der Waals surface area contributed by atoms with Crippen molar-refractivity contribution in [1.29, 1.82) is 0 Å². The van der Waals surface area contributed by atoms with E-state index in [1.165, 1.54) is 64.2 Å². The largest absolute Gasteiger partial charge is 1.00 e. The first-order valence-electron chi connectivity index (χ1n) is 6.95. The van der Waals surface area contributed by atoms with E-state index >= 15 is 0 Å². The fourth-order valence-electron chi connectivity index (χ4n) is 1.58. The Morgan fingerprint density at radius 2 is 0.889 bits per heavy atom. The second kappa shape index (κ2) is 31.3.